The summed E-state index contributed by atoms with van der Waals surface area (Å²) >= 11 is 7.19. The van der Waals surface area contributed by atoms with Crippen molar-refractivity contribution in [1.29, 1.82) is 0 Å². The molecule has 140 valence electrons. The Morgan fingerprint density at radius 3 is 2.46 bits per heavy atom. The first-order valence-corrected chi connectivity index (χ1v) is 9.52. The van der Waals surface area contributed by atoms with Gasteiger partial charge in [-0.1, -0.05) is 18.5 Å². The number of anilines is 1. The summed E-state index contributed by atoms with van der Waals surface area (Å²) in [4.78, 5) is 25.7. The molecule has 1 aromatic heterocycles. The van der Waals surface area contributed by atoms with E-state index >= 15 is 0 Å². The predicted molar refractivity (Wildman–Crippen MR) is 105 cm³/mol. The van der Waals surface area contributed by atoms with Crippen molar-refractivity contribution in [1.82, 2.24) is 0 Å². The highest BCUT2D eigenvalue weighted by Gasteiger charge is 2.24. The summed E-state index contributed by atoms with van der Waals surface area (Å²) in [5.74, 6) is -0.224. The van der Waals surface area contributed by atoms with E-state index in [0.29, 0.717) is 27.8 Å². The molecule has 26 heavy (non-hydrogen) atoms. The first-order valence-electron chi connectivity index (χ1n) is 8.33. The zero-order valence-electron chi connectivity index (χ0n) is 15.2. The number of hydrogen-bond donors (Lipinski definition) is 1. The van der Waals surface area contributed by atoms with E-state index in [1.54, 1.807) is 38.1 Å². The van der Waals surface area contributed by atoms with E-state index in [0.717, 1.165) is 10.4 Å². The van der Waals surface area contributed by atoms with Crippen molar-refractivity contribution in [2.24, 2.45) is 0 Å². The van der Waals surface area contributed by atoms with Crippen LogP contribution in [0.4, 0.5) is 5.00 Å². The van der Waals surface area contributed by atoms with Crippen LogP contribution >= 0.6 is 22.9 Å². The van der Waals surface area contributed by atoms with Crippen LogP contribution in [0.25, 0.3) is 0 Å². The molecule has 0 fully saturated rings. The van der Waals surface area contributed by atoms with Crippen molar-refractivity contribution in [2.75, 3.05) is 11.9 Å². The van der Waals surface area contributed by atoms with Crippen LogP contribution < -0.4 is 10.1 Å². The number of carbonyl (C=O) groups is 2. The first kappa shape index (κ1) is 20.3. The normalized spacial score (nSPS) is 10.7. The summed E-state index contributed by atoms with van der Waals surface area (Å²) in [7, 11) is 0. The number of nitrogens with one attached hydrogen (secondary N) is 1. The minimum atomic E-state index is -0.421. The van der Waals surface area contributed by atoms with Crippen LogP contribution in [0.5, 0.6) is 5.75 Å². The Bertz CT molecular complexity index is 784. The second-order valence-electron chi connectivity index (χ2n) is 5.94. The molecule has 0 aliphatic heterocycles. The Labute approximate surface area is 162 Å². The lowest BCUT2D eigenvalue weighted by molar-refractivity contribution is -0.118. The van der Waals surface area contributed by atoms with Gasteiger partial charge in [0.1, 0.15) is 10.8 Å². The van der Waals surface area contributed by atoms with Gasteiger partial charge < -0.3 is 14.8 Å². The van der Waals surface area contributed by atoms with Crippen molar-refractivity contribution >= 4 is 39.8 Å². The summed E-state index contributed by atoms with van der Waals surface area (Å²) in [6, 6.07) is 6.74. The largest absolute Gasteiger partial charge is 0.484 e. The third kappa shape index (κ3) is 5.22. The lowest BCUT2D eigenvalue weighted by Crippen LogP contribution is -2.22. The molecule has 0 radical (unpaired) electrons. The summed E-state index contributed by atoms with van der Waals surface area (Å²) in [5, 5.41) is 3.86. The number of esters is 1. The maximum absolute atomic E-state index is 12.5. The summed E-state index contributed by atoms with van der Waals surface area (Å²) in [6.07, 6.45) is 0.450. The third-order valence-electron chi connectivity index (χ3n) is 3.55. The van der Waals surface area contributed by atoms with Crippen LogP contribution in [-0.4, -0.2) is 24.6 Å². The van der Waals surface area contributed by atoms with E-state index in [4.69, 9.17) is 21.1 Å². The van der Waals surface area contributed by atoms with Gasteiger partial charge in [-0.3, -0.25) is 4.79 Å². The Morgan fingerprint density at radius 2 is 1.88 bits per heavy atom. The molecule has 1 amide bonds. The van der Waals surface area contributed by atoms with Crippen molar-refractivity contribution in [3.63, 3.8) is 0 Å². The van der Waals surface area contributed by atoms with Gasteiger partial charge in [0.25, 0.3) is 5.91 Å². The molecule has 7 heteroatoms. The maximum Gasteiger partial charge on any atom is 0.341 e. The fourth-order valence-electron chi connectivity index (χ4n) is 2.42. The van der Waals surface area contributed by atoms with Crippen molar-refractivity contribution in [3.8, 4) is 5.75 Å². The maximum atomic E-state index is 12.5. The fraction of sp³-hybridized carbons (Fsp3) is 0.368. The number of aryl methyl sites for hydroxylation is 1. The zero-order chi connectivity index (χ0) is 19.3. The van der Waals surface area contributed by atoms with Crippen LogP contribution in [0, 0.1) is 6.92 Å². The molecule has 1 heterocycles. The lowest BCUT2D eigenvalue weighted by Gasteiger charge is -2.11. The minimum Gasteiger partial charge on any atom is -0.484 e. The van der Waals surface area contributed by atoms with Gasteiger partial charge in [0.15, 0.2) is 6.61 Å². The Balaban J connectivity index is 2.11. The van der Waals surface area contributed by atoms with Gasteiger partial charge in [-0.25, -0.2) is 4.79 Å². The molecule has 1 aromatic carbocycles. The molecule has 0 spiro atoms. The highest BCUT2D eigenvalue weighted by Crippen LogP contribution is 2.34. The number of amides is 1. The molecule has 0 atom stereocenters. The predicted octanol–water partition coefficient (Wildman–Crippen LogP) is 4.86. The van der Waals surface area contributed by atoms with Crippen molar-refractivity contribution in [3.05, 3.63) is 45.3 Å². The highest BCUT2D eigenvalue weighted by molar-refractivity contribution is 7.16. The van der Waals surface area contributed by atoms with E-state index < -0.39 is 5.97 Å². The van der Waals surface area contributed by atoms with Crippen LogP contribution in [0.2, 0.25) is 5.02 Å². The van der Waals surface area contributed by atoms with Crippen LogP contribution in [0.15, 0.2) is 24.3 Å². The van der Waals surface area contributed by atoms with Crippen LogP contribution in [-0.2, 0) is 16.0 Å². The monoisotopic (exact) mass is 395 g/mol. The van der Waals surface area contributed by atoms with Gasteiger partial charge in [-0.05, 0) is 57.0 Å². The summed E-state index contributed by atoms with van der Waals surface area (Å²) in [6.45, 7) is 7.31. The first-order chi connectivity index (χ1) is 12.3. The van der Waals surface area contributed by atoms with Gasteiger partial charge in [0.05, 0.1) is 11.7 Å². The molecule has 5 nitrogen and oxygen atoms in total. The zero-order valence-corrected chi connectivity index (χ0v) is 16.8. The van der Waals surface area contributed by atoms with Gasteiger partial charge in [0.2, 0.25) is 0 Å². The Kier molecular flexibility index (Phi) is 7.06. The number of carbonyl (C=O) groups excluding carboxylic acids is 2. The number of thiophene rings is 1. The molecule has 2 rings (SSSR count). The molecule has 1 N–H and O–H groups in total. The van der Waals surface area contributed by atoms with Crippen LogP contribution in [0.3, 0.4) is 0 Å². The third-order valence-corrected chi connectivity index (χ3v) is 4.86. The second kappa shape index (κ2) is 9.05. The van der Waals surface area contributed by atoms with Crippen molar-refractivity contribution in [2.45, 2.75) is 40.2 Å². The summed E-state index contributed by atoms with van der Waals surface area (Å²) in [5.41, 5.74) is 1.33. The summed E-state index contributed by atoms with van der Waals surface area (Å²) < 4.78 is 10.8. The number of halogens is 1. The second-order valence-corrected chi connectivity index (χ2v) is 7.60. The number of rotatable bonds is 7. The van der Waals surface area contributed by atoms with Gasteiger partial charge in [-0.2, -0.15) is 0 Å². The molecule has 0 saturated heterocycles. The molecule has 2 aromatic rings. The molecular weight excluding hydrogens is 374 g/mol. The molecule has 0 aliphatic carbocycles. The number of benzene rings is 1. The van der Waals surface area contributed by atoms with Gasteiger partial charge >= 0.3 is 5.97 Å². The topological polar surface area (TPSA) is 64.6 Å². The van der Waals surface area contributed by atoms with E-state index in [1.807, 2.05) is 13.8 Å². The fourth-order valence-corrected chi connectivity index (χ4v) is 3.70. The molecule has 0 saturated carbocycles. The minimum absolute atomic E-state index is 0.168. The van der Waals surface area contributed by atoms with E-state index in [1.165, 1.54) is 11.3 Å². The van der Waals surface area contributed by atoms with Gasteiger partial charge in [0, 0.05) is 9.90 Å². The van der Waals surface area contributed by atoms with Gasteiger partial charge in [-0.15, -0.1) is 11.3 Å². The average Bonchev–Trinajstić information content (AvgIpc) is 2.88. The Morgan fingerprint density at radius 1 is 1.23 bits per heavy atom. The molecular formula is C19H22ClNO4S. The Hall–Kier alpha value is -2.05. The van der Waals surface area contributed by atoms with E-state index in [9.17, 15) is 9.59 Å². The molecule has 0 unspecified atom stereocenters. The molecule has 0 aliphatic rings. The van der Waals surface area contributed by atoms with Crippen molar-refractivity contribution < 1.29 is 19.1 Å². The quantitative estimate of drug-likeness (QED) is 0.680. The SMILES string of the molecule is CCc1c(C)sc(NC(=O)COc2ccc(Cl)cc2)c1C(=O)OC(C)C. The van der Waals surface area contributed by atoms with E-state index in [2.05, 4.69) is 5.32 Å². The lowest BCUT2D eigenvalue weighted by atomic mass is 10.1. The smallest absolute Gasteiger partial charge is 0.341 e. The number of ether oxygens (including phenoxy) is 2. The van der Waals surface area contributed by atoms with Crippen LogP contribution in [0.1, 0.15) is 41.6 Å². The average molecular weight is 396 g/mol. The number of hydrogen-bond acceptors (Lipinski definition) is 5. The molecule has 0 bridgehead atoms. The standard InChI is InChI=1S/C19H22ClNO4S/c1-5-15-12(4)26-18(17(15)19(23)25-11(2)3)21-16(22)10-24-14-8-6-13(20)7-9-14/h6-9,11H,5,10H2,1-4H3,(H,21,22). The van der Waals surface area contributed by atoms with E-state index in [-0.39, 0.29) is 18.6 Å². The highest BCUT2D eigenvalue weighted by atomic mass is 35.5.